The second-order valence-corrected chi connectivity index (χ2v) is 6.76. The van der Waals surface area contributed by atoms with Crippen LogP contribution in [0.2, 0.25) is 0 Å². The number of aryl methyl sites for hydroxylation is 1. The largest absolute Gasteiger partial charge is 0.486 e. The monoisotopic (exact) mass is 437 g/mol. The number of hydrogen-bond donors (Lipinski definition) is 1. The number of nitrogens with zero attached hydrogens (tertiary/aromatic N) is 2. The van der Waals surface area contributed by atoms with Crippen molar-refractivity contribution in [2.24, 2.45) is 0 Å². The molecule has 1 N–H and O–H groups in total. The van der Waals surface area contributed by atoms with E-state index in [-0.39, 0.29) is 12.4 Å². The number of rotatable bonds is 10. The van der Waals surface area contributed by atoms with Crippen LogP contribution in [0.25, 0.3) is 0 Å². The molecule has 0 atom stereocenters. The van der Waals surface area contributed by atoms with E-state index in [0.29, 0.717) is 17.2 Å². The molecule has 2 aromatic heterocycles. The summed E-state index contributed by atoms with van der Waals surface area (Å²) in [5, 5.41) is 6.38. The Balaban J connectivity index is 1.47. The Kier molecular flexibility index (Phi) is 7.35. The molecule has 0 spiro atoms. The van der Waals surface area contributed by atoms with Crippen LogP contribution in [0.1, 0.15) is 35.2 Å². The van der Waals surface area contributed by atoms with Gasteiger partial charge >= 0.3 is 6.18 Å². The summed E-state index contributed by atoms with van der Waals surface area (Å²) < 4.78 is 53.1. The van der Waals surface area contributed by atoms with Gasteiger partial charge in [-0.15, -0.1) is 0 Å². The molecule has 0 saturated heterocycles. The van der Waals surface area contributed by atoms with Gasteiger partial charge < -0.3 is 19.2 Å². The zero-order chi connectivity index (χ0) is 22.3. The third kappa shape index (κ3) is 7.18. The van der Waals surface area contributed by atoms with Crippen molar-refractivity contribution in [2.75, 3.05) is 11.9 Å². The molecular weight excluding hydrogens is 415 g/mol. The number of halogens is 3. The quantitative estimate of drug-likeness (QED) is 0.493. The molecule has 31 heavy (non-hydrogen) atoms. The first-order valence-electron chi connectivity index (χ1n) is 9.61. The minimum absolute atomic E-state index is 0.0676. The second kappa shape index (κ2) is 10.2. The van der Waals surface area contributed by atoms with Gasteiger partial charge in [0.25, 0.3) is 5.91 Å². The number of amides is 1. The zero-order valence-electron chi connectivity index (χ0n) is 16.8. The average molecular weight is 437 g/mol. The fraction of sp³-hybridized carbons (Fsp3) is 0.333. The Morgan fingerprint density at radius 3 is 2.68 bits per heavy atom. The van der Waals surface area contributed by atoms with E-state index in [0.717, 1.165) is 17.5 Å². The number of hydrogen-bond acceptors (Lipinski definition) is 5. The van der Waals surface area contributed by atoms with Gasteiger partial charge in [-0.05, 0) is 36.2 Å². The lowest BCUT2D eigenvalue weighted by Crippen LogP contribution is -2.18. The molecule has 0 fully saturated rings. The smallest absolute Gasteiger partial charge is 0.411 e. The molecular formula is C21H22F3N3O4. The summed E-state index contributed by atoms with van der Waals surface area (Å²) in [5.41, 5.74) is 1.53. The summed E-state index contributed by atoms with van der Waals surface area (Å²) in [6.07, 6.45) is 0.317. The van der Waals surface area contributed by atoms with E-state index in [1.807, 2.05) is 24.3 Å². The van der Waals surface area contributed by atoms with Gasteiger partial charge in [-0.3, -0.25) is 4.79 Å². The van der Waals surface area contributed by atoms with Gasteiger partial charge in [-0.1, -0.05) is 25.5 Å². The van der Waals surface area contributed by atoms with E-state index in [1.54, 1.807) is 6.07 Å². The van der Waals surface area contributed by atoms with Crippen molar-refractivity contribution in [3.63, 3.8) is 0 Å². The van der Waals surface area contributed by atoms with Gasteiger partial charge in [0.2, 0.25) is 0 Å². The number of carbonyl (C=O) groups excluding carboxylic acids is 1. The molecule has 0 aliphatic heterocycles. The molecule has 0 saturated carbocycles. The molecule has 166 valence electrons. The van der Waals surface area contributed by atoms with E-state index in [9.17, 15) is 18.0 Å². The number of aromatic nitrogens is 2. The van der Waals surface area contributed by atoms with Gasteiger partial charge in [0, 0.05) is 0 Å². The van der Waals surface area contributed by atoms with Crippen LogP contribution in [0, 0.1) is 0 Å². The highest BCUT2D eigenvalue weighted by Gasteiger charge is 2.27. The molecule has 0 aliphatic rings. The highest BCUT2D eigenvalue weighted by molar-refractivity contribution is 6.02. The standard InChI is InChI=1S/C21H22F3N3O4/c1-2-3-15-4-6-17(7-5-15)30-12-18-8-9-19(31-18)20(28)26-16-10-25-27(11-16)14-29-13-21(22,23)24/h4-11H,2-3,12-14H2,1H3,(H,26,28). The summed E-state index contributed by atoms with van der Waals surface area (Å²) in [4.78, 5) is 12.3. The molecule has 3 aromatic rings. The lowest BCUT2D eigenvalue weighted by Gasteiger charge is -2.07. The summed E-state index contributed by atoms with van der Waals surface area (Å²) >= 11 is 0. The van der Waals surface area contributed by atoms with Crippen molar-refractivity contribution >= 4 is 11.6 Å². The van der Waals surface area contributed by atoms with E-state index in [4.69, 9.17) is 9.15 Å². The number of alkyl halides is 3. The van der Waals surface area contributed by atoms with Gasteiger partial charge in [0.05, 0.1) is 18.1 Å². The minimum atomic E-state index is -4.41. The second-order valence-electron chi connectivity index (χ2n) is 6.76. The van der Waals surface area contributed by atoms with Crippen LogP contribution in [0.4, 0.5) is 18.9 Å². The maximum absolute atomic E-state index is 12.3. The summed E-state index contributed by atoms with van der Waals surface area (Å²) in [7, 11) is 0. The molecule has 7 nitrogen and oxygen atoms in total. The van der Waals surface area contributed by atoms with E-state index in [2.05, 4.69) is 22.1 Å². The average Bonchev–Trinajstić information content (AvgIpc) is 3.36. The van der Waals surface area contributed by atoms with Gasteiger partial charge in [-0.25, -0.2) is 4.68 Å². The van der Waals surface area contributed by atoms with Crippen molar-refractivity contribution in [1.82, 2.24) is 9.78 Å². The number of nitrogens with one attached hydrogen (secondary N) is 1. The van der Waals surface area contributed by atoms with Gasteiger partial charge in [0.1, 0.15) is 31.5 Å². The number of carbonyl (C=O) groups is 1. The number of furan rings is 1. The van der Waals surface area contributed by atoms with Crippen LogP contribution in [-0.2, 0) is 24.5 Å². The van der Waals surface area contributed by atoms with Crippen molar-refractivity contribution in [2.45, 2.75) is 39.3 Å². The Labute approximate surface area is 176 Å². The van der Waals surface area contributed by atoms with Crippen LogP contribution in [0.3, 0.4) is 0 Å². The molecule has 10 heteroatoms. The highest BCUT2D eigenvalue weighted by Crippen LogP contribution is 2.18. The Bertz CT molecular complexity index is 980. The van der Waals surface area contributed by atoms with Gasteiger partial charge in [-0.2, -0.15) is 18.3 Å². The van der Waals surface area contributed by atoms with Crippen molar-refractivity contribution in [3.8, 4) is 5.75 Å². The molecule has 0 bridgehead atoms. The molecule has 1 aromatic carbocycles. The molecule has 2 heterocycles. The predicted octanol–water partition coefficient (Wildman–Crippen LogP) is 4.80. The maximum atomic E-state index is 12.3. The van der Waals surface area contributed by atoms with Crippen LogP contribution < -0.4 is 10.1 Å². The Morgan fingerprint density at radius 1 is 1.19 bits per heavy atom. The molecule has 0 radical (unpaired) electrons. The summed E-state index contributed by atoms with van der Waals surface area (Å²) in [5.74, 6) is 0.713. The van der Waals surface area contributed by atoms with E-state index >= 15 is 0 Å². The molecule has 1 amide bonds. The maximum Gasteiger partial charge on any atom is 0.411 e. The zero-order valence-corrected chi connectivity index (χ0v) is 16.8. The van der Waals surface area contributed by atoms with Crippen molar-refractivity contribution in [3.05, 3.63) is 65.9 Å². The Hall–Kier alpha value is -3.27. The fourth-order valence-electron chi connectivity index (χ4n) is 2.72. The highest BCUT2D eigenvalue weighted by atomic mass is 19.4. The third-order valence-electron chi connectivity index (χ3n) is 4.11. The van der Waals surface area contributed by atoms with Crippen molar-refractivity contribution < 1.29 is 31.9 Å². The number of ether oxygens (including phenoxy) is 2. The van der Waals surface area contributed by atoms with Crippen LogP contribution in [-0.4, -0.2) is 28.5 Å². The van der Waals surface area contributed by atoms with Gasteiger partial charge in [0.15, 0.2) is 5.76 Å². The molecule has 0 unspecified atom stereocenters. The normalized spacial score (nSPS) is 11.5. The first kappa shape index (κ1) is 22.4. The van der Waals surface area contributed by atoms with E-state index in [1.165, 1.54) is 24.0 Å². The van der Waals surface area contributed by atoms with Crippen LogP contribution >= 0.6 is 0 Å². The van der Waals surface area contributed by atoms with Crippen LogP contribution in [0.15, 0.2) is 53.2 Å². The minimum Gasteiger partial charge on any atom is -0.486 e. The Morgan fingerprint density at radius 2 is 1.97 bits per heavy atom. The van der Waals surface area contributed by atoms with E-state index < -0.39 is 25.4 Å². The lowest BCUT2D eigenvalue weighted by molar-refractivity contribution is -0.182. The first-order chi connectivity index (χ1) is 14.8. The first-order valence-corrected chi connectivity index (χ1v) is 9.61. The molecule has 3 rings (SSSR count). The lowest BCUT2D eigenvalue weighted by atomic mass is 10.1. The van der Waals surface area contributed by atoms with Crippen molar-refractivity contribution in [1.29, 1.82) is 0 Å². The summed E-state index contributed by atoms with van der Waals surface area (Å²) in [6.45, 7) is 0.509. The number of benzene rings is 1. The SMILES string of the molecule is CCCc1ccc(OCc2ccc(C(=O)Nc3cnn(COCC(F)(F)F)c3)o2)cc1. The fourth-order valence-corrected chi connectivity index (χ4v) is 2.72. The summed E-state index contributed by atoms with van der Waals surface area (Å²) in [6, 6.07) is 10.9. The van der Waals surface area contributed by atoms with Crippen LogP contribution in [0.5, 0.6) is 5.75 Å². The number of anilines is 1. The topological polar surface area (TPSA) is 78.5 Å². The third-order valence-corrected chi connectivity index (χ3v) is 4.11. The predicted molar refractivity (Wildman–Crippen MR) is 106 cm³/mol. The molecule has 0 aliphatic carbocycles.